The molecule has 0 aliphatic heterocycles. The molecule has 0 N–H and O–H groups in total. The first-order chi connectivity index (χ1) is 10.4. The van der Waals surface area contributed by atoms with E-state index in [9.17, 15) is 10.1 Å². The van der Waals surface area contributed by atoms with Crippen molar-refractivity contribution in [2.75, 3.05) is 19.7 Å². The first-order valence-electron chi connectivity index (χ1n) is 7.83. The number of ether oxygens (including phenoxy) is 1. The molecule has 0 saturated heterocycles. The van der Waals surface area contributed by atoms with Crippen LogP contribution in [0.15, 0.2) is 12.1 Å². The molecule has 0 aliphatic carbocycles. The lowest BCUT2D eigenvalue weighted by Gasteiger charge is -2.21. The molecule has 1 atom stereocenters. The quantitative estimate of drug-likeness (QED) is 0.776. The zero-order valence-electron chi connectivity index (χ0n) is 14.3. The highest BCUT2D eigenvalue weighted by molar-refractivity contribution is 5.81. The third kappa shape index (κ3) is 4.49. The monoisotopic (exact) mass is 302 g/mol. The number of rotatable bonds is 7. The second-order valence-corrected chi connectivity index (χ2v) is 5.53. The Hall–Kier alpha value is -2.02. The van der Waals surface area contributed by atoms with Crippen molar-refractivity contribution in [2.24, 2.45) is 5.92 Å². The van der Waals surface area contributed by atoms with Crippen LogP contribution in [0.25, 0.3) is 0 Å². The van der Waals surface area contributed by atoms with Crippen LogP contribution in [0.1, 0.15) is 37.0 Å². The summed E-state index contributed by atoms with van der Waals surface area (Å²) in [5, 5.41) is 9.22. The van der Waals surface area contributed by atoms with Crippen LogP contribution in [0.5, 0.6) is 5.75 Å². The van der Waals surface area contributed by atoms with Crippen LogP contribution < -0.4 is 4.74 Å². The smallest absolute Gasteiger partial charge is 0.240 e. The predicted octanol–water partition coefficient (Wildman–Crippen LogP) is 3.39. The van der Waals surface area contributed by atoms with Gasteiger partial charge in [-0.25, -0.2) is 0 Å². The average Bonchev–Trinajstić information content (AvgIpc) is 2.49. The summed E-state index contributed by atoms with van der Waals surface area (Å²) >= 11 is 0. The highest BCUT2D eigenvalue weighted by Gasteiger charge is 2.22. The molecule has 120 valence electrons. The summed E-state index contributed by atoms with van der Waals surface area (Å²) in [6, 6.07) is 6.20. The maximum absolute atomic E-state index is 12.2. The lowest BCUT2D eigenvalue weighted by molar-refractivity contribution is -0.133. The lowest BCUT2D eigenvalue weighted by Crippen LogP contribution is -2.36. The van der Waals surface area contributed by atoms with Crippen LogP contribution in [0.4, 0.5) is 0 Å². The molecule has 1 rings (SSSR count). The first kappa shape index (κ1) is 18.0. The van der Waals surface area contributed by atoms with Gasteiger partial charge in [-0.2, -0.15) is 5.26 Å². The zero-order chi connectivity index (χ0) is 16.7. The van der Waals surface area contributed by atoms with Crippen molar-refractivity contribution >= 4 is 5.91 Å². The number of carbonyl (C=O) groups excluding carboxylic acids is 1. The van der Waals surface area contributed by atoms with Crippen molar-refractivity contribution in [2.45, 2.75) is 41.0 Å². The molecule has 4 nitrogen and oxygen atoms in total. The minimum Gasteiger partial charge on any atom is -0.493 e. The molecule has 1 aromatic carbocycles. The minimum atomic E-state index is -0.633. The van der Waals surface area contributed by atoms with E-state index in [2.05, 4.69) is 19.1 Å². The van der Waals surface area contributed by atoms with Gasteiger partial charge in [0.25, 0.3) is 0 Å². The van der Waals surface area contributed by atoms with Gasteiger partial charge in [-0.1, -0.05) is 6.07 Å². The third-order valence-corrected chi connectivity index (χ3v) is 3.98. The fourth-order valence-corrected chi connectivity index (χ4v) is 2.38. The van der Waals surface area contributed by atoms with E-state index >= 15 is 0 Å². The van der Waals surface area contributed by atoms with Gasteiger partial charge >= 0.3 is 0 Å². The van der Waals surface area contributed by atoms with Gasteiger partial charge in [0.15, 0.2) is 0 Å². The zero-order valence-corrected chi connectivity index (χ0v) is 14.3. The number of nitrogens with zero attached hydrogens (tertiary/aromatic N) is 2. The summed E-state index contributed by atoms with van der Waals surface area (Å²) in [6.07, 6.45) is 0.415. The van der Waals surface area contributed by atoms with Gasteiger partial charge in [0.2, 0.25) is 5.91 Å². The van der Waals surface area contributed by atoms with Crippen molar-refractivity contribution < 1.29 is 9.53 Å². The van der Waals surface area contributed by atoms with E-state index in [0.717, 1.165) is 11.3 Å². The molecule has 0 aliphatic rings. The van der Waals surface area contributed by atoms with Crippen LogP contribution in [0.2, 0.25) is 0 Å². The average molecular weight is 302 g/mol. The van der Waals surface area contributed by atoms with E-state index in [0.29, 0.717) is 26.1 Å². The van der Waals surface area contributed by atoms with Crippen LogP contribution in [0, 0.1) is 38.0 Å². The Bertz CT molecular complexity index is 557. The number of benzene rings is 1. The summed E-state index contributed by atoms with van der Waals surface area (Å²) in [4.78, 5) is 13.9. The molecular formula is C18H26N2O2. The Balaban J connectivity index is 2.64. The number of nitriles is 1. The van der Waals surface area contributed by atoms with Crippen molar-refractivity contribution in [1.82, 2.24) is 4.90 Å². The number of hydrogen-bond acceptors (Lipinski definition) is 3. The summed E-state index contributed by atoms with van der Waals surface area (Å²) in [5.74, 6) is 0.0923. The summed E-state index contributed by atoms with van der Waals surface area (Å²) in [7, 11) is 0. The van der Waals surface area contributed by atoms with Gasteiger partial charge in [0, 0.05) is 19.5 Å². The second kappa shape index (κ2) is 8.43. The number of carbonyl (C=O) groups is 1. The Kier molecular flexibility index (Phi) is 6.91. The summed E-state index contributed by atoms with van der Waals surface area (Å²) < 4.78 is 5.78. The standard InChI is InChI=1S/C18H26N2O2/c1-6-20(7-2)18(21)16(12-19)8-9-22-17-11-14(4)13(3)10-15(17)5/h10-11,16H,6-9H2,1-5H3. The fraction of sp³-hybridized carbons (Fsp3) is 0.556. The van der Waals surface area contributed by atoms with E-state index in [1.54, 1.807) is 4.90 Å². The molecule has 0 bridgehead atoms. The lowest BCUT2D eigenvalue weighted by atomic mass is 10.1. The molecule has 0 saturated carbocycles. The van der Waals surface area contributed by atoms with Crippen LogP contribution in [-0.4, -0.2) is 30.5 Å². The molecule has 1 amide bonds. The van der Waals surface area contributed by atoms with Gasteiger partial charge < -0.3 is 9.64 Å². The van der Waals surface area contributed by atoms with Crippen molar-refractivity contribution in [3.8, 4) is 11.8 Å². The molecule has 1 unspecified atom stereocenters. The van der Waals surface area contributed by atoms with Crippen molar-refractivity contribution in [3.63, 3.8) is 0 Å². The normalized spacial score (nSPS) is 11.6. The number of hydrogen-bond donors (Lipinski definition) is 0. The van der Waals surface area contributed by atoms with Gasteiger partial charge in [-0.15, -0.1) is 0 Å². The maximum atomic E-state index is 12.2. The molecule has 0 radical (unpaired) electrons. The molecule has 0 aromatic heterocycles. The highest BCUT2D eigenvalue weighted by atomic mass is 16.5. The first-order valence-corrected chi connectivity index (χ1v) is 7.83. The topological polar surface area (TPSA) is 53.3 Å². The Morgan fingerprint density at radius 2 is 1.77 bits per heavy atom. The van der Waals surface area contributed by atoms with E-state index < -0.39 is 5.92 Å². The van der Waals surface area contributed by atoms with E-state index in [4.69, 9.17) is 4.74 Å². The number of aryl methyl sites for hydroxylation is 3. The number of amides is 1. The Labute approximate surface area is 133 Å². The minimum absolute atomic E-state index is 0.104. The highest BCUT2D eigenvalue weighted by Crippen LogP contribution is 2.23. The third-order valence-electron chi connectivity index (χ3n) is 3.98. The van der Waals surface area contributed by atoms with E-state index in [1.807, 2.05) is 33.8 Å². The van der Waals surface area contributed by atoms with Gasteiger partial charge in [-0.05, 0) is 57.4 Å². The van der Waals surface area contributed by atoms with Crippen LogP contribution >= 0.6 is 0 Å². The SMILES string of the molecule is CCN(CC)C(=O)C(C#N)CCOc1cc(C)c(C)cc1C. The Morgan fingerprint density at radius 1 is 1.18 bits per heavy atom. The van der Waals surface area contributed by atoms with Crippen LogP contribution in [-0.2, 0) is 4.79 Å². The fourth-order valence-electron chi connectivity index (χ4n) is 2.38. The molecule has 1 aromatic rings. The molecular weight excluding hydrogens is 276 g/mol. The van der Waals surface area contributed by atoms with Gasteiger partial charge in [0.05, 0.1) is 12.7 Å². The second-order valence-electron chi connectivity index (χ2n) is 5.53. The molecule has 0 heterocycles. The summed E-state index contributed by atoms with van der Waals surface area (Å²) in [5.41, 5.74) is 3.49. The van der Waals surface area contributed by atoms with Gasteiger partial charge in [-0.3, -0.25) is 4.79 Å². The molecule has 22 heavy (non-hydrogen) atoms. The maximum Gasteiger partial charge on any atom is 0.240 e. The summed E-state index contributed by atoms with van der Waals surface area (Å²) in [6.45, 7) is 11.6. The van der Waals surface area contributed by atoms with Crippen molar-refractivity contribution in [1.29, 1.82) is 5.26 Å². The van der Waals surface area contributed by atoms with Crippen LogP contribution in [0.3, 0.4) is 0 Å². The molecule has 4 heteroatoms. The molecule has 0 spiro atoms. The largest absolute Gasteiger partial charge is 0.493 e. The molecule has 0 fully saturated rings. The van der Waals surface area contributed by atoms with E-state index in [1.165, 1.54) is 11.1 Å². The predicted molar refractivity (Wildman–Crippen MR) is 87.8 cm³/mol. The Morgan fingerprint density at radius 3 is 2.32 bits per heavy atom. The van der Waals surface area contributed by atoms with Gasteiger partial charge in [0.1, 0.15) is 11.7 Å². The van der Waals surface area contributed by atoms with Crippen molar-refractivity contribution in [3.05, 3.63) is 28.8 Å². The van der Waals surface area contributed by atoms with E-state index in [-0.39, 0.29) is 5.91 Å².